The highest BCUT2D eigenvalue weighted by molar-refractivity contribution is 6.01. The summed E-state index contributed by atoms with van der Waals surface area (Å²) in [4.78, 5) is 21.8. The Kier molecular flexibility index (Phi) is 5.48. The van der Waals surface area contributed by atoms with Crippen molar-refractivity contribution < 1.29 is 27.3 Å². The van der Waals surface area contributed by atoms with Crippen LogP contribution < -0.4 is 5.32 Å². The monoisotopic (exact) mass is 406 g/mol. The van der Waals surface area contributed by atoms with Gasteiger partial charge < -0.3 is 9.73 Å². The van der Waals surface area contributed by atoms with Crippen molar-refractivity contribution in [2.45, 2.75) is 12.7 Å². The third-order valence-electron chi connectivity index (χ3n) is 3.69. The number of nitro groups is 1. The Balaban J connectivity index is 1.60. The van der Waals surface area contributed by atoms with Crippen LogP contribution in [0.1, 0.15) is 16.9 Å². The third kappa shape index (κ3) is 5.31. The number of aromatic nitrogens is 2. The third-order valence-corrected chi connectivity index (χ3v) is 3.69. The van der Waals surface area contributed by atoms with Crippen LogP contribution in [0.5, 0.6) is 0 Å². The van der Waals surface area contributed by atoms with Crippen LogP contribution in [0, 0.1) is 10.1 Å². The van der Waals surface area contributed by atoms with Crippen molar-refractivity contribution in [1.29, 1.82) is 0 Å². The first-order chi connectivity index (χ1) is 13.7. The average molecular weight is 406 g/mol. The van der Waals surface area contributed by atoms with E-state index in [2.05, 4.69) is 10.4 Å². The van der Waals surface area contributed by atoms with E-state index in [1.807, 2.05) is 0 Å². The van der Waals surface area contributed by atoms with Gasteiger partial charge >= 0.3 is 12.1 Å². The van der Waals surface area contributed by atoms with Crippen molar-refractivity contribution in [3.8, 4) is 0 Å². The van der Waals surface area contributed by atoms with Crippen molar-refractivity contribution in [3.05, 3.63) is 81.9 Å². The molecule has 2 aromatic heterocycles. The van der Waals surface area contributed by atoms with Gasteiger partial charge in [0, 0.05) is 12.3 Å². The fraction of sp³-hybridized carbons (Fsp3) is 0.111. The van der Waals surface area contributed by atoms with Crippen LogP contribution in [-0.4, -0.2) is 20.6 Å². The van der Waals surface area contributed by atoms with E-state index in [-0.39, 0.29) is 12.3 Å². The second-order valence-corrected chi connectivity index (χ2v) is 5.88. The molecular weight excluding hydrogens is 393 g/mol. The molecule has 2 heterocycles. The van der Waals surface area contributed by atoms with Gasteiger partial charge in [-0.05, 0) is 29.8 Å². The van der Waals surface area contributed by atoms with Crippen LogP contribution in [0.25, 0.3) is 6.08 Å². The lowest BCUT2D eigenvalue weighted by atomic mass is 10.1. The van der Waals surface area contributed by atoms with E-state index in [0.717, 1.165) is 24.3 Å². The van der Waals surface area contributed by atoms with Crippen molar-refractivity contribution in [3.63, 3.8) is 0 Å². The number of anilines is 1. The highest BCUT2D eigenvalue weighted by atomic mass is 19.4. The maximum absolute atomic E-state index is 12.8. The summed E-state index contributed by atoms with van der Waals surface area (Å²) < 4.78 is 44.6. The fourth-order valence-corrected chi connectivity index (χ4v) is 2.42. The van der Waals surface area contributed by atoms with Gasteiger partial charge in [0.1, 0.15) is 10.7 Å². The Morgan fingerprint density at radius 3 is 2.79 bits per heavy atom. The molecule has 0 aliphatic rings. The van der Waals surface area contributed by atoms with Gasteiger partial charge in [-0.2, -0.15) is 18.3 Å². The summed E-state index contributed by atoms with van der Waals surface area (Å²) in [7, 11) is 0. The molecule has 0 aliphatic heterocycles. The Labute approximate surface area is 161 Å². The van der Waals surface area contributed by atoms with Crippen LogP contribution in [0.2, 0.25) is 0 Å². The van der Waals surface area contributed by atoms with E-state index in [1.54, 1.807) is 6.07 Å². The highest BCUT2D eigenvalue weighted by Crippen LogP contribution is 2.29. The lowest BCUT2D eigenvalue weighted by Crippen LogP contribution is -2.08. The zero-order chi connectivity index (χ0) is 21.0. The molecule has 1 amide bonds. The number of hydrogen-bond acceptors (Lipinski definition) is 5. The number of hydrogen-bond donors (Lipinski definition) is 1. The molecule has 0 unspecified atom stereocenters. The first-order valence-electron chi connectivity index (χ1n) is 8.12. The molecule has 0 radical (unpaired) electrons. The number of nitrogens with zero attached hydrogens (tertiary/aromatic N) is 3. The minimum absolute atomic E-state index is 0.0890. The number of benzene rings is 1. The molecule has 3 rings (SSSR count). The quantitative estimate of drug-likeness (QED) is 0.377. The number of rotatable bonds is 6. The number of halogens is 3. The van der Waals surface area contributed by atoms with Gasteiger partial charge in [0.25, 0.3) is 0 Å². The summed E-state index contributed by atoms with van der Waals surface area (Å²) in [6.45, 7) is 0.0890. The standard InChI is InChI=1S/C18H13F3N4O4/c19-18(20,21)13-3-1-2-12(8-13)10-24-11-14(9-22-24)23-16(26)6-4-15-5-7-17(29-15)25(27)28/h1-9,11H,10H2,(H,23,26)/b6-4+. The van der Waals surface area contributed by atoms with Gasteiger partial charge in [-0.15, -0.1) is 0 Å². The second-order valence-electron chi connectivity index (χ2n) is 5.88. The first-order valence-corrected chi connectivity index (χ1v) is 8.12. The lowest BCUT2D eigenvalue weighted by Gasteiger charge is -2.08. The topological polar surface area (TPSA) is 103 Å². The number of nitrogens with one attached hydrogen (secondary N) is 1. The molecule has 0 saturated heterocycles. The Morgan fingerprint density at radius 2 is 2.10 bits per heavy atom. The summed E-state index contributed by atoms with van der Waals surface area (Å²) >= 11 is 0. The Bertz CT molecular complexity index is 1070. The summed E-state index contributed by atoms with van der Waals surface area (Å²) in [5.41, 5.74) is -0.0175. The Morgan fingerprint density at radius 1 is 1.31 bits per heavy atom. The van der Waals surface area contributed by atoms with Crippen LogP contribution in [0.4, 0.5) is 24.7 Å². The second kappa shape index (κ2) is 8.00. The first kappa shape index (κ1) is 19.9. The minimum Gasteiger partial charge on any atom is -0.401 e. The molecule has 0 aliphatic carbocycles. The molecule has 0 bridgehead atoms. The van der Waals surface area contributed by atoms with Crippen molar-refractivity contribution >= 4 is 23.6 Å². The molecule has 0 spiro atoms. The number of amides is 1. The van der Waals surface area contributed by atoms with Gasteiger partial charge in [-0.1, -0.05) is 12.1 Å². The van der Waals surface area contributed by atoms with E-state index in [4.69, 9.17) is 4.42 Å². The molecule has 8 nitrogen and oxygen atoms in total. The van der Waals surface area contributed by atoms with Crippen molar-refractivity contribution in [2.75, 3.05) is 5.32 Å². The van der Waals surface area contributed by atoms with E-state index < -0.39 is 28.5 Å². The van der Waals surface area contributed by atoms with Gasteiger partial charge in [0.05, 0.1) is 30.1 Å². The van der Waals surface area contributed by atoms with E-state index >= 15 is 0 Å². The zero-order valence-corrected chi connectivity index (χ0v) is 14.6. The zero-order valence-electron chi connectivity index (χ0n) is 14.6. The largest absolute Gasteiger partial charge is 0.433 e. The highest BCUT2D eigenvalue weighted by Gasteiger charge is 2.30. The molecule has 29 heavy (non-hydrogen) atoms. The number of alkyl halides is 3. The molecule has 11 heteroatoms. The molecule has 1 aromatic carbocycles. The average Bonchev–Trinajstić information content (AvgIpc) is 3.29. The molecule has 3 aromatic rings. The van der Waals surface area contributed by atoms with Crippen LogP contribution in [-0.2, 0) is 17.5 Å². The molecule has 150 valence electrons. The Hall–Kier alpha value is -3.89. The molecule has 0 atom stereocenters. The molecule has 1 N–H and O–H groups in total. The minimum atomic E-state index is -4.43. The van der Waals surface area contributed by atoms with E-state index in [0.29, 0.717) is 11.3 Å². The van der Waals surface area contributed by atoms with E-state index in [9.17, 15) is 28.1 Å². The molecule has 0 saturated carbocycles. The smallest absolute Gasteiger partial charge is 0.401 e. The van der Waals surface area contributed by atoms with Crippen LogP contribution in [0.15, 0.2) is 59.3 Å². The van der Waals surface area contributed by atoms with Crippen LogP contribution in [0.3, 0.4) is 0 Å². The van der Waals surface area contributed by atoms with E-state index in [1.165, 1.54) is 35.3 Å². The summed E-state index contributed by atoms with van der Waals surface area (Å²) in [5, 5.41) is 17.1. The normalized spacial score (nSPS) is 11.7. The maximum atomic E-state index is 12.8. The van der Waals surface area contributed by atoms with Crippen molar-refractivity contribution in [1.82, 2.24) is 9.78 Å². The molecular formula is C18H13F3N4O4. The number of carbonyl (C=O) groups is 1. The number of carbonyl (C=O) groups excluding carboxylic acids is 1. The van der Waals surface area contributed by atoms with Crippen molar-refractivity contribution in [2.24, 2.45) is 0 Å². The van der Waals surface area contributed by atoms with Crippen LogP contribution >= 0.6 is 0 Å². The van der Waals surface area contributed by atoms with Gasteiger partial charge in [-0.3, -0.25) is 19.6 Å². The summed E-state index contributed by atoms with van der Waals surface area (Å²) in [6.07, 6.45) is 0.753. The van der Waals surface area contributed by atoms with Gasteiger partial charge in [-0.25, -0.2) is 0 Å². The molecule has 0 fully saturated rings. The fourth-order valence-electron chi connectivity index (χ4n) is 2.42. The number of furan rings is 1. The maximum Gasteiger partial charge on any atom is 0.433 e. The van der Waals surface area contributed by atoms with Gasteiger partial charge in [0.2, 0.25) is 5.91 Å². The SMILES string of the molecule is O=C(/C=C/c1ccc([N+](=O)[O-])o1)Nc1cnn(Cc2cccc(C(F)(F)F)c2)c1. The lowest BCUT2D eigenvalue weighted by molar-refractivity contribution is -0.402. The van der Waals surface area contributed by atoms with Gasteiger partial charge in [0.15, 0.2) is 0 Å². The summed E-state index contributed by atoms with van der Waals surface area (Å²) in [6, 6.07) is 7.38. The predicted molar refractivity (Wildman–Crippen MR) is 95.8 cm³/mol. The predicted octanol–water partition coefficient (Wildman–Crippen LogP) is 4.10. The summed E-state index contributed by atoms with van der Waals surface area (Å²) in [5.74, 6) is -0.851.